The SMILES string of the molecule is O=CC(O)CC1C=CC=CO1. The minimum atomic E-state index is -0.920. The molecule has 1 rings (SSSR count). The molecule has 0 fully saturated rings. The Hall–Kier alpha value is -1.09. The first-order valence-electron chi connectivity index (χ1n) is 3.45. The smallest absolute Gasteiger partial charge is 0.148 e. The number of rotatable bonds is 3. The molecule has 2 unspecified atom stereocenters. The molecule has 3 nitrogen and oxygen atoms in total. The van der Waals surface area contributed by atoms with Crippen molar-refractivity contribution >= 4 is 6.29 Å². The second kappa shape index (κ2) is 3.93. The van der Waals surface area contributed by atoms with Gasteiger partial charge in [0, 0.05) is 6.42 Å². The summed E-state index contributed by atoms with van der Waals surface area (Å²) in [6.45, 7) is 0. The highest BCUT2D eigenvalue weighted by Crippen LogP contribution is 2.07. The van der Waals surface area contributed by atoms with E-state index in [1.54, 1.807) is 18.4 Å². The summed E-state index contributed by atoms with van der Waals surface area (Å²) in [4.78, 5) is 10.0. The maximum atomic E-state index is 10.0. The van der Waals surface area contributed by atoms with Gasteiger partial charge in [0.05, 0.1) is 6.26 Å². The molecule has 0 bridgehead atoms. The zero-order chi connectivity index (χ0) is 8.10. The maximum absolute atomic E-state index is 10.0. The molecule has 0 radical (unpaired) electrons. The second-order valence-corrected chi connectivity index (χ2v) is 2.33. The van der Waals surface area contributed by atoms with Crippen molar-refractivity contribution in [2.75, 3.05) is 0 Å². The quantitative estimate of drug-likeness (QED) is 0.599. The van der Waals surface area contributed by atoms with Crippen LogP contribution in [0, 0.1) is 0 Å². The molecule has 0 aromatic heterocycles. The molecule has 0 saturated heterocycles. The molecular weight excluding hydrogens is 144 g/mol. The van der Waals surface area contributed by atoms with Crippen LogP contribution >= 0.6 is 0 Å². The molecule has 1 heterocycles. The van der Waals surface area contributed by atoms with E-state index in [9.17, 15) is 4.79 Å². The maximum Gasteiger partial charge on any atom is 0.148 e. The second-order valence-electron chi connectivity index (χ2n) is 2.33. The van der Waals surface area contributed by atoms with Gasteiger partial charge in [0.2, 0.25) is 0 Å². The lowest BCUT2D eigenvalue weighted by atomic mass is 10.1. The molecule has 11 heavy (non-hydrogen) atoms. The van der Waals surface area contributed by atoms with Crippen LogP contribution in [0.4, 0.5) is 0 Å². The molecule has 1 N–H and O–H groups in total. The molecule has 0 amide bonds. The summed E-state index contributed by atoms with van der Waals surface area (Å²) >= 11 is 0. The highest BCUT2D eigenvalue weighted by molar-refractivity contribution is 5.55. The Balaban J connectivity index is 2.32. The first kappa shape index (κ1) is 8.01. The fourth-order valence-electron chi connectivity index (χ4n) is 0.853. The van der Waals surface area contributed by atoms with Crippen molar-refractivity contribution in [2.45, 2.75) is 18.6 Å². The van der Waals surface area contributed by atoms with Gasteiger partial charge in [0.25, 0.3) is 0 Å². The van der Waals surface area contributed by atoms with Crippen molar-refractivity contribution in [3.8, 4) is 0 Å². The first-order valence-corrected chi connectivity index (χ1v) is 3.45. The van der Waals surface area contributed by atoms with Crippen molar-refractivity contribution in [3.05, 3.63) is 24.5 Å². The Labute approximate surface area is 65.0 Å². The fraction of sp³-hybridized carbons (Fsp3) is 0.375. The lowest BCUT2D eigenvalue weighted by molar-refractivity contribution is -0.115. The predicted octanol–water partition coefficient (Wildman–Crippen LogP) is 0.405. The number of aliphatic hydroxyl groups excluding tert-OH is 1. The van der Waals surface area contributed by atoms with Crippen molar-refractivity contribution in [2.24, 2.45) is 0 Å². The van der Waals surface area contributed by atoms with Gasteiger partial charge in [-0.1, -0.05) is 6.08 Å². The molecular formula is C8H10O3. The van der Waals surface area contributed by atoms with E-state index in [1.165, 1.54) is 0 Å². The number of hydrogen-bond donors (Lipinski definition) is 1. The topological polar surface area (TPSA) is 46.5 Å². The van der Waals surface area contributed by atoms with Crippen LogP contribution in [-0.2, 0) is 9.53 Å². The lowest BCUT2D eigenvalue weighted by Crippen LogP contribution is -2.19. The third-order valence-corrected chi connectivity index (χ3v) is 1.40. The largest absolute Gasteiger partial charge is 0.494 e. The van der Waals surface area contributed by atoms with Gasteiger partial charge in [-0.25, -0.2) is 0 Å². The number of hydrogen-bond acceptors (Lipinski definition) is 3. The zero-order valence-corrected chi connectivity index (χ0v) is 6.01. The van der Waals surface area contributed by atoms with Crippen LogP contribution in [0.3, 0.4) is 0 Å². The zero-order valence-electron chi connectivity index (χ0n) is 6.01. The van der Waals surface area contributed by atoms with Crippen LogP contribution < -0.4 is 0 Å². The normalized spacial score (nSPS) is 24.3. The summed E-state index contributed by atoms with van der Waals surface area (Å²) in [6, 6.07) is 0. The van der Waals surface area contributed by atoms with E-state index >= 15 is 0 Å². The summed E-state index contributed by atoms with van der Waals surface area (Å²) < 4.78 is 5.06. The van der Waals surface area contributed by atoms with Gasteiger partial charge in [-0.2, -0.15) is 0 Å². The van der Waals surface area contributed by atoms with Gasteiger partial charge in [-0.15, -0.1) is 0 Å². The highest BCUT2D eigenvalue weighted by atomic mass is 16.5. The molecule has 3 heteroatoms. The Kier molecular flexibility index (Phi) is 2.86. The van der Waals surface area contributed by atoms with Gasteiger partial charge in [0.15, 0.2) is 0 Å². The Morgan fingerprint density at radius 2 is 2.45 bits per heavy atom. The van der Waals surface area contributed by atoms with E-state index < -0.39 is 6.10 Å². The number of carbonyl (C=O) groups excluding carboxylic acids is 1. The van der Waals surface area contributed by atoms with Crippen molar-refractivity contribution < 1.29 is 14.6 Å². The number of carbonyl (C=O) groups is 1. The average molecular weight is 154 g/mol. The van der Waals surface area contributed by atoms with Crippen molar-refractivity contribution in [3.63, 3.8) is 0 Å². The minimum Gasteiger partial charge on any atom is -0.494 e. The van der Waals surface area contributed by atoms with Crippen LogP contribution in [0.2, 0.25) is 0 Å². The van der Waals surface area contributed by atoms with Crippen molar-refractivity contribution in [1.29, 1.82) is 0 Å². The van der Waals surface area contributed by atoms with Gasteiger partial charge >= 0.3 is 0 Å². The van der Waals surface area contributed by atoms with E-state index in [2.05, 4.69) is 0 Å². The summed E-state index contributed by atoms with van der Waals surface area (Å²) in [7, 11) is 0. The van der Waals surface area contributed by atoms with Crippen LogP contribution in [0.25, 0.3) is 0 Å². The van der Waals surface area contributed by atoms with Gasteiger partial charge in [-0.05, 0) is 12.2 Å². The summed E-state index contributed by atoms with van der Waals surface area (Å²) in [6.07, 6.45) is 6.67. The third-order valence-electron chi connectivity index (χ3n) is 1.40. The van der Waals surface area contributed by atoms with Gasteiger partial charge in [0.1, 0.15) is 18.5 Å². The molecule has 0 saturated carbocycles. The minimum absolute atomic E-state index is 0.166. The third kappa shape index (κ3) is 2.55. The number of allylic oxidation sites excluding steroid dienone is 2. The molecule has 60 valence electrons. The highest BCUT2D eigenvalue weighted by Gasteiger charge is 2.11. The van der Waals surface area contributed by atoms with E-state index in [1.807, 2.05) is 6.08 Å². The van der Waals surface area contributed by atoms with Crippen molar-refractivity contribution in [1.82, 2.24) is 0 Å². The van der Waals surface area contributed by atoms with Crippen LogP contribution in [-0.4, -0.2) is 23.6 Å². The Morgan fingerprint density at radius 3 is 3.00 bits per heavy atom. The van der Waals surface area contributed by atoms with E-state index in [4.69, 9.17) is 9.84 Å². The lowest BCUT2D eigenvalue weighted by Gasteiger charge is -2.15. The molecule has 1 aliphatic rings. The molecule has 1 aliphatic heterocycles. The summed E-state index contributed by atoms with van der Waals surface area (Å²) in [5.41, 5.74) is 0. The summed E-state index contributed by atoms with van der Waals surface area (Å²) in [5.74, 6) is 0. The standard InChI is InChI=1S/C8H10O3/c9-6-7(10)5-8-3-1-2-4-11-8/h1-4,6-8,10H,5H2. The van der Waals surface area contributed by atoms with Crippen LogP contribution in [0.5, 0.6) is 0 Å². The molecule has 2 atom stereocenters. The predicted molar refractivity (Wildman–Crippen MR) is 39.8 cm³/mol. The summed E-state index contributed by atoms with van der Waals surface area (Å²) in [5, 5.41) is 8.90. The van der Waals surface area contributed by atoms with E-state index in [0.717, 1.165) is 0 Å². The molecule has 0 aliphatic carbocycles. The van der Waals surface area contributed by atoms with Crippen LogP contribution in [0.1, 0.15) is 6.42 Å². The molecule has 0 aromatic carbocycles. The first-order chi connectivity index (χ1) is 5.33. The number of aliphatic hydroxyl groups is 1. The molecule has 0 aromatic rings. The average Bonchev–Trinajstić information content (AvgIpc) is 2.06. The molecule has 0 spiro atoms. The number of aldehydes is 1. The number of ether oxygens (including phenoxy) is 1. The Bertz CT molecular complexity index is 184. The van der Waals surface area contributed by atoms with E-state index in [0.29, 0.717) is 12.7 Å². The van der Waals surface area contributed by atoms with E-state index in [-0.39, 0.29) is 6.10 Å². The van der Waals surface area contributed by atoms with Gasteiger partial charge in [-0.3, -0.25) is 0 Å². The monoisotopic (exact) mass is 154 g/mol. The van der Waals surface area contributed by atoms with Crippen LogP contribution in [0.15, 0.2) is 24.5 Å². The fourth-order valence-corrected chi connectivity index (χ4v) is 0.853. The Morgan fingerprint density at radius 1 is 1.64 bits per heavy atom. The van der Waals surface area contributed by atoms with Gasteiger partial charge < -0.3 is 14.6 Å².